The third-order valence-electron chi connectivity index (χ3n) is 5.72. The summed E-state index contributed by atoms with van der Waals surface area (Å²) in [6.45, 7) is 12.8. The number of piperidine rings is 2. The van der Waals surface area contributed by atoms with Gasteiger partial charge in [-0.05, 0) is 75.4 Å². The predicted octanol–water partition coefficient (Wildman–Crippen LogP) is 4.59. The molecular formula is C21H32N2OS. The highest BCUT2D eigenvalue weighted by Gasteiger charge is 2.30. The van der Waals surface area contributed by atoms with E-state index in [0.29, 0.717) is 5.91 Å². The number of rotatable bonds is 3. The molecule has 4 heteroatoms. The molecule has 0 spiro atoms. The largest absolute Gasteiger partial charge is 0.342 e. The van der Waals surface area contributed by atoms with E-state index in [-0.39, 0.29) is 5.92 Å². The monoisotopic (exact) mass is 360 g/mol. The molecule has 138 valence electrons. The van der Waals surface area contributed by atoms with Gasteiger partial charge in [0.15, 0.2) is 0 Å². The Kier molecular flexibility index (Phi) is 6.11. The van der Waals surface area contributed by atoms with Crippen molar-refractivity contribution in [1.29, 1.82) is 0 Å². The molecule has 2 saturated heterocycles. The Bertz CT molecular complexity index is 591. The Morgan fingerprint density at radius 2 is 1.52 bits per heavy atom. The zero-order chi connectivity index (χ0) is 18.0. The maximum atomic E-state index is 12.8. The number of hydrogen-bond donors (Lipinski definition) is 0. The molecule has 1 aromatic carbocycles. The molecule has 1 aromatic rings. The molecule has 0 saturated carbocycles. The van der Waals surface area contributed by atoms with Crippen LogP contribution in [0.5, 0.6) is 0 Å². The van der Waals surface area contributed by atoms with Crippen LogP contribution in [0.1, 0.15) is 49.3 Å². The van der Waals surface area contributed by atoms with Crippen LogP contribution in [-0.2, 0) is 4.79 Å². The summed E-state index contributed by atoms with van der Waals surface area (Å²) < 4.78 is 2.45. The van der Waals surface area contributed by atoms with Crippen LogP contribution in [0.4, 0.5) is 0 Å². The van der Waals surface area contributed by atoms with Gasteiger partial charge in [0.1, 0.15) is 0 Å². The van der Waals surface area contributed by atoms with Gasteiger partial charge in [-0.3, -0.25) is 4.79 Å². The topological polar surface area (TPSA) is 23.6 Å². The van der Waals surface area contributed by atoms with Gasteiger partial charge >= 0.3 is 0 Å². The summed E-state index contributed by atoms with van der Waals surface area (Å²) in [7, 11) is 0. The minimum atomic E-state index is 0.241. The number of carbonyl (C=O) groups is 1. The van der Waals surface area contributed by atoms with Crippen molar-refractivity contribution in [2.24, 2.45) is 11.8 Å². The Hall–Kier alpha value is -1.00. The molecule has 2 fully saturated rings. The molecule has 3 rings (SSSR count). The fourth-order valence-corrected chi connectivity index (χ4v) is 5.18. The molecule has 2 heterocycles. The maximum Gasteiger partial charge on any atom is 0.225 e. The quantitative estimate of drug-likeness (QED) is 0.737. The van der Waals surface area contributed by atoms with Gasteiger partial charge in [0.25, 0.3) is 0 Å². The number of aryl methyl sites for hydroxylation is 3. The van der Waals surface area contributed by atoms with E-state index in [9.17, 15) is 4.79 Å². The number of carbonyl (C=O) groups excluding carboxylic acids is 1. The number of amides is 1. The van der Waals surface area contributed by atoms with Gasteiger partial charge in [0.2, 0.25) is 5.91 Å². The third kappa shape index (κ3) is 4.59. The number of likely N-dealkylation sites (tertiary alicyclic amines) is 1. The van der Waals surface area contributed by atoms with Crippen molar-refractivity contribution < 1.29 is 4.79 Å². The lowest BCUT2D eigenvalue weighted by molar-refractivity contribution is -0.138. The molecule has 0 unspecified atom stereocenters. The van der Waals surface area contributed by atoms with E-state index < -0.39 is 0 Å². The summed E-state index contributed by atoms with van der Waals surface area (Å²) in [5.41, 5.74) is 4.06. The van der Waals surface area contributed by atoms with E-state index in [0.717, 1.165) is 44.9 Å². The van der Waals surface area contributed by atoms with Crippen molar-refractivity contribution in [2.75, 3.05) is 26.2 Å². The summed E-state index contributed by atoms with van der Waals surface area (Å²) in [5, 5.41) is 0. The number of benzene rings is 1. The van der Waals surface area contributed by atoms with Crippen molar-refractivity contribution in [3.63, 3.8) is 0 Å². The highest BCUT2D eigenvalue weighted by atomic mass is 32.2. The average molecular weight is 361 g/mol. The zero-order valence-electron chi connectivity index (χ0n) is 16.2. The fraction of sp³-hybridized carbons (Fsp3) is 0.667. The van der Waals surface area contributed by atoms with Gasteiger partial charge in [0, 0.05) is 37.0 Å². The summed E-state index contributed by atoms with van der Waals surface area (Å²) >= 11 is 1.88. The molecule has 2 aliphatic heterocycles. The first-order valence-corrected chi connectivity index (χ1v) is 10.5. The zero-order valence-corrected chi connectivity index (χ0v) is 17.0. The van der Waals surface area contributed by atoms with Gasteiger partial charge in [-0.15, -0.1) is 0 Å². The van der Waals surface area contributed by atoms with Crippen LogP contribution in [0.2, 0.25) is 0 Å². The number of nitrogens with zero attached hydrogens (tertiary/aromatic N) is 2. The summed E-state index contributed by atoms with van der Waals surface area (Å²) in [6, 6.07) is 4.53. The second-order valence-corrected chi connectivity index (χ2v) is 9.14. The minimum Gasteiger partial charge on any atom is -0.342 e. The average Bonchev–Trinajstić information content (AvgIpc) is 2.59. The summed E-state index contributed by atoms with van der Waals surface area (Å²) in [6.07, 6.45) is 4.35. The molecule has 1 amide bonds. The van der Waals surface area contributed by atoms with Gasteiger partial charge in [-0.2, -0.15) is 0 Å². The van der Waals surface area contributed by atoms with E-state index in [1.54, 1.807) is 0 Å². The fourth-order valence-electron chi connectivity index (χ4n) is 4.12. The molecule has 0 aromatic heterocycles. The lowest BCUT2D eigenvalue weighted by Crippen LogP contribution is -2.44. The van der Waals surface area contributed by atoms with Crippen LogP contribution in [-0.4, -0.2) is 41.3 Å². The van der Waals surface area contributed by atoms with Crippen molar-refractivity contribution >= 4 is 17.9 Å². The van der Waals surface area contributed by atoms with Crippen molar-refractivity contribution in [2.45, 2.75) is 58.3 Å². The van der Waals surface area contributed by atoms with E-state index >= 15 is 0 Å². The third-order valence-corrected chi connectivity index (χ3v) is 7.17. The van der Waals surface area contributed by atoms with Crippen molar-refractivity contribution in [1.82, 2.24) is 9.21 Å². The first-order chi connectivity index (χ1) is 11.9. The highest BCUT2D eigenvalue weighted by Crippen LogP contribution is 2.34. The Labute approximate surface area is 157 Å². The van der Waals surface area contributed by atoms with Crippen LogP contribution < -0.4 is 0 Å². The highest BCUT2D eigenvalue weighted by molar-refractivity contribution is 7.97. The van der Waals surface area contributed by atoms with E-state index in [1.165, 1.54) is 34.4 Å². The molecule has 0 radical (unpaired) electrons. The standard InChI is InChI=1S/C21H32N2OS/c1-15-5-9-22(10-6-15)21(24)19-7-11-23(12-8-19)25-20-17(3)13-16(2)14-18(20)4/h13-15,19H,5-12H2,1-4H3. The summed E-state index contributed by atoms with van der Waals surface area (Å²) in [4.78, 5) is 16.3. The Balaban J connectivity index is 1.53. The Morgan fingerprint density at radius 1 is 0.960 bits per heavy atom. The normalized spacial score (nSPS) is 20.9. The SMILES string of the molecule is Cc1cc(C)c(SN2CCC(C(=O)N3CCC(C)CC3)CC2)c(C)c1. The first kappa shape index (κ1) is 18.8. The lowest BCUT2D eigenvalue weighted by atomic mass is 9.93. The van der Waals surface area contributed by atoms with Crippen LogP contribution in [0.15, 0.2) is 17.0 Å². The maximum absolute atomic E-state index is 12.8. The molecule has 0 bridgehead atoms. The van der Waals surface area contributed by atoms with E-state index in [2.05, 4.69) is 49.0 Å². The molecule has 0 atom stereocenters. The lowest BCUT2D eigenvalue weighted by Gasteiger charge is -2.36. The Morgan fingerprint density at radius 3 is 2.08 bits per heavy atom. The van der Waals surface area contributed by atoms with E-state index in [4.69, 9.17) is 0 Å². The van der Waals surface area contributed by atoms with Crippen molar-refractivity contribution in [3.8, 4) is 0 Å². The van der Waals surface area contributed by atoms with Crippen molar-refractivity contribution in [3.05, 3.63) is 28.8 Å². The minimum absolute atomic E-state index is 0.241. The van der Waals surface area contributed by atoms with Crippen LogP contribution in [0.3, 0.4) is 0 Å². The predicted molar refractivity (Wildman–Crippen MR) is 106 cm³/mol. The first-order valence-electron chi connectivity index (χ1n) is 9.73. The smallest absolute Gasteiger partial charge is 0.225 e. The molecule has 25 heavy (non-hydrogen) atoms. The second-order valence-electron chi connectivity index (χ2n) is 8.03. The molecule has 3 nitrogen and oxygen atoms in total. The van der Waals surface area contributed by atoms with E-state index in [1.807, 2.05) is 11.9 Å². The number of hydrogen-bond acceptors (Lipinski definition) is 3. The van der Waals surface area contributed by atoms with Crippen LogP contribution in [0.25, 0.3) is 0 Å². The molecule has 2 aliphatic rings. The molecular weight excluding hydrogens is 328 g/mol. The molecule has 0 aliphatic carbocycles. The van der Waals surface area contributed by atoms with Crippen LogP contribution >= 0.6 is 11.9 Å². The van der Waals surface area contributed by atoms with Gasteiger partial charge in [0.05, 0.1) is 0 Å². The van der Waals surface area contributed by atoms with Gasteiger partial charge in [-0.1, -0.05) is 24.6 Å². The summed E-state index contributed by atoms with van der Waals surface area (Å²) in [5.74, 6) is 1.44. The van der Waals surface area contributed by atoms with Crippen LogP contribution in [0, 0.1) is 32.6 Å². The van der Waals surface area contributed by atoms with Gasteiger partial charge in [-0.25, -0.2) is 4.31 Å². The second kappa shape index (κ2) is 8.13. The van der Waals surface area contributed by atoms with Gasteiger partial charge < -0.3 is 4.90 Å². The molecule has 0 N–H and O–H groups in total.